The van der Waals surface area contributed by atoms with Crippen molar-refractivity contribution in [1.82, 2.24) is 79.2 Å². The minimum Gasteiger partial charge on any atom is -0.490 e. The number of hydrogen-bond donors (Lipinski definition) is 11. The first-order chi connectivity index (χ1) is 58.2. The number of aryl methyl sites for hydroxylation is 2. The number of ether oxygens (including phenoxy) is 4. The molecule has 120 heavy (non-hydrogen) atoms. The number of imidazole rings is 3. The quantitative estimate of drug-likeness (QED) is 0.0283. The Balaban J connectivity index is 0.000000129. The number of benzene rings is 5. The number of piperidine rings is 3. The van der Waals surface area contributed by atoms with Gasteiger partial charge in [0.05, 0.1) is 65.8 Å². The van der Waals surface area contributed by atoms with Crippen molar-refractivity contribution < 1.29 is 43.5 Å². The Morgan fingerprint density at radius 3 is 1.33 bits per heavy atom. The van der Waals surface area contributed by atoms with E-state index < -0.39 is 12.2 Å². The van der Waals surface area contributed by atoms with Crippen LogP contribution >= 0.6 is 27.3 Å². The fourth-order valence-corrected chi connectivity index (χ4v) is 18.2. The predicted molar refractivity (Wildman–Crippen MR) is 463 cm³/mol. The molecule has 2 atom stereocenters. The number of rotatable bonds is 23. The maximum absolute atomic E-state index is 13.3. The van der Waals surface area contributed by atoms with Crippen LogP contribution in [0.4, 0.5) is 17.1 Å². The number of anilines is 3. The minimum atomic E-state index is -0.866. The molecule has 0 bridgehead atoms. The molecule has 0 unspecified atom stereocenters. The third-order valence-corrected chi connectivity index (χ3v) is 25.5. The Morgan fingerprint density at radius 2 is 0.933 bits per heavy atom. The molecule has 0 aliphatic carbocycles. The molecule has 33 heteroatoms. The number of aliphatic hydroxyl groups excluding tert-OH is 2. The molecule has 11 N–H and O–H groups in total. The molecule has 7 aromatic heterocycles. The number of nitrogens with zero attached hydrogens (tertiary/aromatic N) is 10. The van der Waals surface area contributed by atoms with E-state index in [2.05, 4.69) is 103 Å². The van der Waals surface area contributed by atoms with Crippen molar-refractivity contribution in [2.45, 2.75) is 115 Å². The zero-order valence-electron chi connectivity index (χ0n) is 67.4. The largest absolute Gasteiger partial charge is 0.490 e. The first-order valence-corrected chi connectivity index (χ1v) is 42.5. The second-order valence-electron chi connectivity index (χ2n) is 31.9. The van der Waals surface area contributed by atoms with Crippen LogP contribution in [0.5, 0.6) is 23.0 Å². The standard InChI is InChI=1S/C32H36N6O6.C29H31BrN6O4.C26H29N7O2S/c1-3-18-11-27-28(44-17-43-27)13-26(18)42-16-21(39)14-34-23-4-7-33-31(40)29(23)30-35-24-10-19-15-38(20-5-8-37(2)9-6-20)32(41)22(19)12-25(24)36-30;1-35-10-7-18(8-11-35)36-15-17-12-23-24(13-20(17)29(36)39)34-27(33-23)26-22(6-9-31-28(26)38)32-14-19(37)16-40-25-5-3-2-4-21(25)30;1-15-22(36-14-29-15)4-8-27-19-3-7-28-25(34)23(19)24-30-20-11-16-13-33(17-5-9-32(2)10-6-17)26(35)18(16)12-21(20)31-24/h4,7,10-13,20-21,39H,3,5-6,8-9,14-17H2,1-2H3,(H,35,36)(H2,33,34,40);2-6,9,12-13,18-19,37H,7-8,10-11,14-16H2,1H3,(H,33,34)(H2,31,32,38);3,7,11-12,14,17H,4-6,8-10,13H2,1-2H3,(H,30,31)(H2,27,28,34)/t21-;19-;/m11./s1. The van der Waals surface area contributed by atoms with E-state index in [4.69, 9.17) is 33.9 Å². The third kappa shape index (κ3) is 17.0. The monoisotopic (exact) mass is 1710 g/mol. The number of halogens is 1. The van der Waals surface area contributed by atoms with Crippen LogP contribution in [0.15, 0.2) is 134 Å². The lowest BCUT2D eigenvalue weighted by molar-refractivity contribution is 0.0610. The van der Waals surface area contributed by atoms with Gasteiger partial charge in [0, 0.05) is 110 Å². The average Bonchev–Trinajstić information content (AvgIpc) is 1.61. The van der Waals surface area contributed by atoms with Crippen molar-refractivity contribution in [3.63, 3.8) is 0 Å². The zero-order chi connectivity index (χ0) is 83.0. The SMILES string of the molecule is CCc1cc2c(cc1OC[C@H](O)CNc1cc[nH]c(=O)c1-c1nc3cc4c(cc3[nH]1)CN(C1CCN(C)CC1)C4=O)OCO2.CN1CCC(N2Cc3cc4[nH]c(-c5c(NC[C@@H](O)COc6ccccc6Br)cc[nH]c5=O)nc4cc3C2=O)CC1.Cc1ncsc1CCNc1cc[nH]c(=O)c1-c1nc2cc3c(cc2[nH]1)CN(C1CCN(C)CC1)C3=O. The summed E-state index contributed by atoms with van der Waals surface area (Å²) in [6.45, 7) is 13.1. The lowest BCUT2D eigenvalue weighted by Crippen LogP contribution is -2.43. The van der Waals surface area contributed by atoms with E-state index in [9.17, 15) is 39.0 Å². The Kier molecular flexibility index (Phi) is 23.5. The number of para-hydroxylation sites is 1. The van der Waals surface area contributed by atoms with E-state index in [-0.39, 0.29) is 85.6 Å². The van der Waals surface area contributed by atoms with E-state index in [0.29, 0.717) is 122 Å². The number of pyridine rings is 3. The highest BCUT2D eigenvalue weighted by molar-refractivity contribution is 9.10. The summed E-state index contributed by atoms with van der Waals surface area (Å²) in [4.78, 5) is 129. The molecule has 31 nitrogen and oxygen atoms in total. The molecule has 0 saturated carbocycles. The van der Waals surface area contributed by atoms with Gasteiger partial charge in [-0.2, -0.15) is 0 Å². The normalized spacial score (nSPS) is 17.0. The number of nitrogens with one attached hydrogen (secondary N) is 9. The smallest absolute Gasteiger partial charge is 0.261 e. The number of thiazole rings is 1. The van der Waals surface area contributed by atoms with Gasteiger partial charge in [0.15, 0.2) is 11.5 Å². The molecular weight excluding hydrogens is 1620 g/mol. The molecule has 0 radical (unpaired) electrons. The Morgan fingerprint density at radius 1 is 0.533 bits per heavy atom. The first kappa shape index (κ1) is 80.7. The van der Waals surface area contributed by atoms with Gasteiger partial charge in [-0.25, -0.2) is 19.9 Å². The summed E-state index contributed by atoms with van der Waals surface area (Å²) < 4.78 is 23.4. The van der Waals surface area contributed by atoms with Crippen molar-refractivity contribution in [3.8, 4) is 57.2 Å². The van der Waals surface area contributed by atoms with Crippen molar-refractivity contribution in [1.29, 1.82) is 0 Å². The predicted octanol–water partition coefficient (Wildman–Crippen LogP) is 10.1. The van der Waals surface area contributed by atoms with Crippen LogP contribution in [0.25, 0.3) is 67.3 Å². The Hall–Kier alpha value is -11.7. The summed E-state index contributed by atoms with van der Waals surface area (Å²) in [5.74, 6) is 4.03. The summed E-state index contributed by atoms with van der Waals surface area (Å²) in [6.07, 6.45) is 10.5. The van der Waals surface area contributed by atoms with Gasteiger partial charge in [-0.05, 0) is 223 Å². The van der Waals surface area contributed by atoms with E-state index in [1.807, 2.05) is 107 Å². The highest BCUT2D eigenvalue weighted by atomic mass is 79.9. The van der Waals surface area contributed by atoms with E-state index >= 15 is 0 Å². The van der Waals surface area contributed by atoms with Gasteiger partial charge in [0.1, 0.15) is 71.1 Å². The molecule has 19 rings (SSSR count). The Bertz CT molecular complexity index is 6030. The summed E-state index contributed by atoms with van der Waals surface area (Å²) in [7, 11) is 6.36. The number of likely N-dealkylation sites (tertiary alicyclic amines) is 3. The fourth-order valence-electron chi connectivity index (χ4n) is 17.0. The topological polar surface area (TPSA) is 382 Å². The molecule has 3 fully saturated rings. The van der Waals surface area contributed by atoms with Gasteiger partial charge in [-0.1, -0.05) is 19.1 Å². The van der Waals surface area contributed by atoms with E-state index in [1.165, 1.54) is 4.88 Å². The molecular formula is C87H96BrN19O12S. The van der Waals surface area contributed by atoms with Crippen LogP contribution < -0.4 is 51.6 Å². The van der Waals surface area contributed by atoms with Gasteiger partial charge in [-0.15, -0.1) is 11.3 Å². The summed E-state index contributed by atoms with van der Waals surface area (Å²) in [5, 5.41) is 31.0. The van der Waals surface area contributed by atoms with Gasteiger partial charge in [0.2, 0.25) is 6.79 Å². The molecule has 3 amide bonds. The lowest BCUT2D eigenvalue weighted by Gasteiger charge is -2.34. The molecule has 7 aliphatic rings. The number of carbonyl (C=O) groups is 3. The molecule has 3 saturated heterocycles. The maximum atomic E-state index is 13.3. The second-order valence-corrected chi connectivity index (χ2v) is 33.6. The van der Waals surface area contributed by atoms with Crippen molar-refractivity contribution in [2.75, 3.05) is 116 Å². The number of hydrogen-bond acceptors (Lipinski definition) is 23. The van der Waals surface area contributed by atoms with Gasteiger partial charge < -0.3 is 104 Å². The van der Waals surface area contributed by atoms with Crippen LogP contribution in [-0.2, 0) is 32.5 Å². The molecule has 624 valence electrons. The van der Waals surface area contributed by atoms with Crippen LogP contribution in [0.1, 0.15) is 109 Å². The molecule has 14 heterocycles. The second kappa shape index (κ2) is 34.9. The number of amides is 3. The minimum absolute atomic E-state index is 0.0387. The van der Waals surface area contributed by atoms with Gasteiger partial charge in [-0.3, -0.25) is 28.8 Å². The average molecular weight is 1710 g/mol. The van der Waals surface area contributed by atoms with Crippen LogP contribution in [0, 0.1) is 6.92 Å². The van der Waals surface area contributed by atoms with E-state index in [1.54, 1.807) is 48.1 Å². The van der Waals surface area contributed by atoms with Crippen LogP contribution in [-0.4, -0.2) is 238 Å². The van der Waals surface area contributed by atoms with Crippen LogP contribution in [0.2, 0.25) is 0 Å². The number of aliphatic hydroxyl groups is 2. The molecule has 12 aromatic rings. The summed E-state index contributed by atoms with van der Waals surface area (Å²) in [6, 6.07) is 28.7. The number of aromatic nitrogens is 10. The fraction of sp³-hybridized carbons (Fsp3) is 0.379. The highest BCUT2D eigenvalue weighted by Crippen LogP contribution is 2.41. The van der Waals surface area contributed by atoms with Gasteiger partial charge in [0.25, 0.3) is 34.4 Å². The van der Waals surface area contributed by atoms with Crippen molar-refractivity contribution in [3.05, 3.63) is 200 Å². The van der Waals surface area contributed by atoms with Crippen LogP contribution in [0.3, 0.4) is 0 Å². The lowest BCUT2D eigenvalue weighted by atomic mass is 10.0. The maximum Gasteiger partial charge on any atom is 0.261 e. The number of aromatic amines is 6. The summed E-state index contributed by atoms with van der Waals surface area (Å²) >= 11 is 5.07. The Labute approximate surface area is 702 Å². The van der Waals surface area contributed by atoms with Crippen molar-refractivity contribution >= 4 is 95.2 Å². The number of H-pyrrole nitrogens is 6. The number of fused-ring (bicyclic) bond motifs is 7. The molecule has 0 spiro atoms. The van der Waals surface area contributed by atoms with Crippen molar-refractivity contribution in [2.24, 2.45) is 0 Å². The number of carbonyl (C=O) groups excluding carboxylic acids is 3. The van der Waals surface area contributed by atoms with E-state index in [0.717, 1.165) is 151 Å². The third-order valence-electron chi connectivity index (χ3n) is 23.8. The highest BCUT2D eigenvalue weighted by Gasteiger charge is 2.39. The molecule has 5 aromatic carbocycles. The zero-order valence-corrected chi connectivity index (χ0v) is 69.8. The summed E-state index contributed by atoms with van der Waals surface area (Å²) in [5.41, 5.74) is 15.2. The molecule has 7 aliphatic heterocycles. The van der Waals surface area contributed by atoms with Gasteiger partial charge >= 0.3 is 0 Å². The first-order valence-electron chi connectivity index (χ1n) is 40.8.